The second kappa shape index (κ2) is 7.47. The van der Waals surface area contributed by atoms with E-state index in [4.69, 9.17) is 9.84 Å². The molecule has 0 unspecified atom stereocenters. The van der Waals surface area contributed by atoms with Gasteiger partial charge in [-0.3, -0.25) is 9.36 Å². The van der Waals surface area contributed by atoms with E-state index in [-0.39, 0.29) is 11.6 Å². The van der Waals surface area contributed by atoms with Gasteiger partial charge in [0.05, 0.1) is 13.3 Å². The highest BCUT2D eigenvalue weighted by molar-refractivity contribution is 5.70. The minimum Gasteiger partial charge on any atom is -0.481 e. The van der Waals surface area contributed by atoms with Crippen molar-refractivity contribution >= 4 is 17.3 Å². The van der Waals surface area contributed by atoms with E-state index < -0.39 is 6.09 Å². The first-order chi connectivity index (χ1) is 12.1. The number of nitrogens with zero attached hydrogens (tertiary/aromatic N) is 4. The van der Waals surface area contributed by atoms with Crippen LogP contribution in [0.4, 0.5) is 4.79 Å². The molecule has 2 aromatic heterocycles. The molecule has 2 aromatic rings. The Bertz CT molecular complexity index is 814. The van der Waals surface area contributed by atoms with Gasteiger partial charge in [0.1, 0.15) is 5.52 Å². The Morgan fingerprint density at radius 3 is 2.80 bits per heavy atom. The standard InChI is InChI=1S/C16H21N5O4/c1-25-13-3-2-12-15(19-13)21(14(22)10-17-12)9-8-20-6-4-11(5-7-20)18-16(23)24/h2-3,10-11,18H,4-9H2,1H3,(H,23,24). The van der Waals surface area contributed by atoms with Crippen molar-refractivity contribution in [1.82, 2.24) is 24.8 Å². The molecule has 0 aliphatic carbocycles. The fourth-order valence-electron chi connectivity index (χ4n) is 3.07. The molecule has 3 rings (SSSR count). The van der Waals surface area contributed by atoms with E-state index >= 15 is 0 Å². The lowest BCUT2D eigenvalue weighted by Gasteiger charge is -2.31. The SMILES string of the molecule is COc1ccc2ncc(=O)n(CCN3CCC(NC(=O)O)CC3)c2n1. The molecule has 0 bridgehead atoms. The molecule has 0 radical (unpaired) electrons. The van der Waals surface area contributed by atoms with E-state index in [0.717, 1.165) is 25.9 Å². The van der Waals surface area contributed by atoms with Crippen LogP contribution in [-0.2, 0) is 6.54 Å². The summed E-state index contributed by atoms with van der Waals surface area (Å²) >= 11 is 0. The summed E-state index contributed by atoms with van der Waals surface area (Å²) in [6, 6.07) is 3.49. The van der Waals surface area contributed by atoms with Crippen molar-refractivity contribution < 1.29 is 14.6 Å². The van der Waals surface area contributed by atoms with Gasteiger partial charge in [-0.2, -0.15) is 4.98 Å². The van der Waals surface area contributed by atoms with Crippen LogP contribution in [0.2, 0.25) is 0 Å². The minimum atomic E-state index is -0.978. The van der Waals surface area contributed by atoms with E-state index in [1.807, 2.05) is 0 Å². The summed E-state index contributed by atoms with van der Waals surface area (Å²) in [5.41, 5.74) is 0.953. The lowest BCUT2D eigenvalue weighted by atomic mass is 10.1. The quantitative estimate of drug-likeness (QED) is 0.812. The van der Waals surface area contributed by atoms with Gasteiger partial charge in [-0.1, -0.05) is 0 Å². The van der Waals surface area contributed by atoms with Crippen molar-refractivity contribution in [2.45, 2.75) is 25.4 Å². The Balaban J connectivity index is 1.68. The molecular weight excluding hydrogens is 326 g/mol. The molecule has 134 valence electrons. The molecule has 1 amide bonds. The average molecular weight is 347 g/mol. The van der Waals surface area contributed by atoms with Crippen molar-refractivity contribution in [3.8, 4) is 5.88 Å². The molecule has 25 heavy (non-hydrogen) atoms. The number of piperidine rings is 1. The molecule has 0 saturated carbocycles. The number of rotatable bonds is 5. The average Bonchev–Trinajstić information content (AvgIpc) is 2.61. The molecule has 2 N–H and O–H groups in total. The van der Waals surface area contributed by atoms with Crippen LogP contribution >= 0.6 is 0 Å². The number of likely N-dealkylation sites (tertiary alicyclic amines) is 1. The summed E-state index contributed by atoms with van der Waals surface area (Å²) < 4.78 is 6.74. The molecule has 9 nitrogen and oxygen atoms in total. The molecule has 9 heteroatoms. The maximum atomic E-state index is 12.2. The van der Waals surface area contributed by atoms with Crippen LogP contribution in [0.3, 0.4) is 0 Å². The second-order valence-electron chi connectivity index (χ2n) is 6.01. The summed E-state index contributed by atoms with van der Waals surface area (Å²) in [4.78, 5) is 33.6. The van der Waals surface area contributed by atoms with Gasteiger partial charge in [0, 0.05) is 38.3 Å². The van der Waals surface area contributed by atoms with Gasteiger partial charge in [0.15, 0.2) is 5.65 Å². The Morgan fingerprint density at radius 1 is 1.36 bits per heavy atom. The number of nitrogens with one attached hydrogen (secondary N) is 1. The molecule has 3 heterocycles. The monoisotopic (exact) mass is 347 g/mol. The third kappa shape index (κ3) is 4.05. The number of carboxylic acid groups (broad SMARTS) is 1. The number of pyridine rings is 1. The highest BCUT2D eigenvalue weighted by atomic mass is 16.5. The summed E-state index contributed by atoms with van der Waals surface area (Å²) in [6.45, 7) is 2.77. The normalized spacial score (nSPS) is 16.0. The molecule has 1 aliphatic rings. The van der Waals surface area contributed by atoms with Gasteiger partial charge >= 0.3 is 6.09 Å². The van der Waals surface area contributed by atoms with Crippen molar-refractivity contribution in [3.63, 3.8) is 0 Å². The number of ether oxygens (including phenoxy) is 1. The predicted molar refractivity (Wildman–Crippen MR) is 91.0 cm³/mol. The minimum absolute atomic E-state index is 0.00385. The second-order valence-corrected chi connectivity index (χ2v) is 6.01. The smallest absolute Gasteiger partial charge is 0.404 e. The number of amides is 1. The topological polar surface area (TPSA) is 110 Å². The summed E-state index contributed by atoms with van der Waals surface area (Å²) in [7, 11) is 1.53. The lowest BCUT2D eigenvalue weighted by molar-refractivity contribution is 0.166. The van der Waals surface area contributed by atoms with Gasteiger partial charge in [-0.25, -0.2) is 9.78 Å². The van der Waals surface area contributed by atoms with Gasteiger partial charge in [0.2, 0.25) is 5.88 Å². The highest BCUT2D eigenvalue weighted by Crippen LogP contribution is 2.14. The van der Waals surface area contributed by atoms with Crippen molar-refractivity contribution in [3.05, 3.63) is 28.7 Å². The molecule has 0 atom stereocenters. The third-order valence-electron chi connectivity index (χ3n) is 4.43. The predicted octanol–water partition coefficient (Wildman–Crippen LogP) is 0.532. The maximum Gasteiger partial charge on any atom is 0.404 e. The fourth-order valence-corrected chi connectivity index (χ4v) is 3.07. The summed E-state index contributed by atoms with van der Waals surface area (Å²) in [5.74, 6) is 0.439. The number of carbonyl (C=O) groups is 1. The Kier molecular flexibility index (Phi) is 5.13. The number of hydrogen-bond acceptors (Lipinski definition) is 6. The molecule has 0 spiro atoms. The zero-order chi connectivity index (χ0) is 17.8. The van der Waals surface area contributed by atoms with Crippen LogP contribution in [0.1, 0.15) is 12.8 Å². The Labute approximate surface area is 144 Å². The van der Waals surface area contributed by atoms with Crippen LogP contribution in [0, 0.1) is 0 Å². The Morgan fingerprint density at radius 2 is 2.12 bits per heavy atom. The van der Waals surface area contributed by atoms with Crippen molar-refractivity contribution in [2.75, 3.05) is 26.7 Å². The molecule has 1 fully saturated rings. The van der Waals surface area contributed by atoms with Crippen LogP contribution in [0.25, 0.3) is 11.2 Å². The van der Waals surface area contributed by atoms with Crippen molar-refractivity contribution in [2.24, 2.45) is 0 Å². The molecular formula is C16H21N5O4. The number of fused-ring (bicyclic) bond motifs is 1. The van der Waals surface area contributed by atoms with Gasteiger partial charge in [-0.15, -0.1) is 0 Å². The van der Waals surface area contributed by atoms with Gasteiger partial charge in [0.25, 0.3) is 5.56 Å². The van der Waals surface area contributed by atoms with Crippen LogP contribution < -0.4 is 15.6 Å². The number of hydrogen-bond donors (Lipinski definition) is 2. The van der Waals surface area contributed by atoms with E-state index in [2.05, 4.69) is 20.2 Å². The van der Waals surface area contributed by atoms with E-state index in [1.54, 1.807) is 16.7 Å². The number of aromatic nitrogens is 3. The van der Waals surface area contributed by atoms with Gasteiger partial charge < -0.3 is 20.1 Å². The van der Waals surface area contributed by atoms with Crippen molar-refractivity contribution in [1.29, 1.82) is 0 Å². The van der Waals surface area contributed by atoms with Crippen LogP contribution in [0.15, 0.2) is 23.1 Å². The molecule has 1 saturated heterocycles. The van der Waals surface area contributed by atoms with Crippen LogP contribution in [0.5, 0.6) is 5.88 Å². The van der Waals surface area contributed by atoms with E-state index in [9.17, 15) is 9.59 Å². The van der Waals surface area contributed by atoms with Gasteiger partial charge in [-0.05, 0) is 18.9 Å². The first-order valence-corrected chi connectivity index (χ1v) is 8.19. The first-order valence-electron chi connectivity index (χ1n) is 8.19. The fraction of sp³-hybridized carbons (Fsp3) is 0.500. The molecule has 0 aromatic carbocycles. The largest absolute Gasteiger partial charge is 0.481 e. The number of methoxy groups -OCH3 is 1. The third-order valence-corrected chi connectivity index (χ3v) is 4.43. The first kappa shape index (κ1) is 17.2. The summed E-state index contributed by atoms with van der Waals surface area (Å²) in [6.07, 6.45) is 1.86. The van der Waals surface area contributed by atoms with Crippen LogP contribution in [-0.4, -0.2) is 63.4 Å². The van der Waals surface area contributed by atoms with E-state index in [1.165, 1.54) is 13.3 Å². The zero-order valence-corrected chi connectivity index (χ0v) is 14.0. The molecule has 1 aliphatic heterocycles. The van der Waals surface area contributed by atoms with E-state index in [0.29, 0.717) is 30.1 Å². The maximum absolute atomic E-state index is 12.2. The highest BCUT2D eigenvalue weighted by Gasteiger charge is 2.20. The Hall–Kier alpha value is -2.68. The summed E-state index contributed by atoms with van der Waals surface area (Å²) in [5, 5.41) is 11.3. The lowest BCUT2D eigenvalue weighted by Crippen LogP contribution is -2.45. The zero-order valence-electron chi connectivity index (χ0n) is 14.0.